The molecule has 1 fully saturated rings. The van der Waals surface area contributed by atoms with Gasteiger partial charge in [0, 0.05) is 36.6 Å². The van der Waals surface area contributed by atoms with E-state index in [0.717, 1.165) is 54.4 Å². The number of thioether (sulfide) groups is 1. The minimum Gasteiger partial charge on any atom is -0.441 e. The van der Waals surface area contributed by atoms with Crippen LogP contribution in [0.15, 0.2) is 52.9 Å². The summed E-state index contributed by atoms with van der Waals surface area (Å²) in [7, 11) is 0. The van der Waals surface area contributed by atoms with Crippen molar-refractivity contribution in [3.8, 4) is 0 Å². The molecule has 1 aromatic heterocycles. The van der Waals surface area contributed by atoms with Gasteiger partial charge in [-0.2, -0.15) is 11.8 Å². The molecule has 4 rings (SSSR count). The highest BCUT2D eigenvalue weighted by molar-refractivity contribution is 7.99. The van der Waals surface area contributed by atoms with Crippen molar-refractivity contribution >= 4 is 28.8 Å². The van der Waals surface area contributed by atoms with Crippen molar-refractivity contribution in [1.82, 2.24) is 9.88 Å². The molecular weight excluding hydrogens is 332 g/mol. The van der Waals surface area contributed by atoms with Gasteiger partial charge in [-0.25, -0.2) is 4.98 Å². The first-order valence-corrected chi connectivity index (χ1v) is 9.75. The van der Waals surface area contributed by atoms with E-state index in [2.05, 4.69) is 17.1 Å². The lowest BCUT2D eigenvalue weighted by Crippen LogP contribution is -2.37. The first-order chi connectivity index (χ1) is 12.3. The summed E-state index contributed by atoms with van der Waals surface area (Å²) in [5.74, 6) is 2.84. The molecule has 5 heteroatoms. The fourth-order valence-corrected chi connectivity index (χ4v) is 3.96. The van der Waals surface area contributed by atoms with Crippen molar-refractivity contribution in [1.29, 1.82) is 0 Å². The van der Waals surface area contributed by atoms with Gasteiger partial charge in [0.05, 0.1) is 0 Å². The van der Waals surface area contributed by atoms with E-state index >= 15 is 0 Å². The van der Waals surface area contributed by atoms with Crippen LogP contribution in [0.25, 0.3) is 11.1 Å². The minimum absolute atomic E-state index is 0.0936. The van der Waals surface area contributed by atoms with E-state index in [0.29, 0.717) is 5.56 Å². The lowest BCUT2D eigenvalue weighted by atomic mass is 10.1. The van der Waals surface area contributed by atoms with Gasteiger partial charge in [0.2, 0.25) is 0 Å². The Hall–Kier alpha value is -2.27. The van der Waals surface area contributed by atoms with Crippen LogP contribution in [0.5, 0.6) is 0 Å². The van der Waals surface area contributed by atoms with Crippen LogP contribution >= 0.6 is 11.8 Å². The number of benzene rings is 2. The maximum atomic E-state index is 12.6. The maximum absolute atomic E-state index is 12.6. The molecule has 0 unspecified atom stereocenters. The fraction of sp³-hybridized carbons (Fsp3) is 0.300. The van der Waals surface area contributed by atoms with Crippen molar-refractivity contribution in [2.75, 3.05) is 24.6 Å². The molecule has 0 aliphatic carbocycles. The highest BCUT2D eigenvalue weighted by Crippen LogP contribution is 2.20. The number of hydrogen-bond acceptors (Lipinski definition) is 4. The summed E-state index contributed by atoms with van der Waals surface area (Å²) < 4.78 is 5.83. The van der Waals surface area contributed by atoms with E-state index in [-0.39, 0.29) is 5.91 Å². The molecule has 1 aliphatic heterocycles. The van der Waals surface area contributed by atoms with Crippen LogP contribution in [0.4, 0.5) is 0 Å². The van der Waals surface area contributed by atoms with Crippen LogP contribution in [-0.2, 0) is 12.8 Å². The van der Waals surface area contributed by atoms with Crippen molar-refractivity contribution in [3.05, 3.63) is 65.5 Å². The highest BCUT2D eigenvalue weighted by Gasteiger charge is 2.19. The molecule has 4 nitrogen and oxygen atoms in total. The predicted molar refractivity (Wildman–Crippen MR) is 101 cm³/mol. The van der Waals surface area contributed by atoms with E-state index in [4.69, 9.17) is 4.42 Å². The van der Waals surface area contributed by atoms with E-state index in [1.54, 1.807) is 0 Å². The van der Waals surface area contributed by atoms with Crippen LogP contribution in [0.3, 0.4) is 0 Å². The third kappa shape index (κ3) is 3.71. The van der Waals surface area contributed by atoms with E-state index in [1.165, 1.54) is 5.56 Å². The second-order valence-corrected chi connectivity index (χ2v) is 7.41. The lowest BCUT2D eigenvalue weighted by molar-refractivity contribution is 0.0772. The summed E-state index contributed by atoms with van der Waals surface area (Å²) in [5.41, 5.74) is 3.47. The van der Waals surface area contributed by atoms with Gasteiger partial charge >= 0.3 is 0 Å². The summed E-state index contributed by atoms with van der Waals surface area (Å²) in [6.45, 7) is 1.64. The van der Waals surface area contributed by atoms with Gasteiger partial charge in [0.15, 0.2) is 11.5 Å². The molecule has 0 N–H and O–H groups in total. The zero-order valence-electron chi connectivity index (χ0n) is 14.0. The highest BCUT2D eigenvalue weighted by atomic mass is 32.2. The molecule has 0 saturated carbocycles. The molecule has 1 amide bonds. The maximum Gasteiger partial charge on any atom is 0.253 e. The number of amides is 1. The minimum atomic E-state index is 0.0936. The number of oxazole rings is 1. The summed E-state index contributed by atoms with van der Waals surface area (Å²) in [4.78, 5) is 19.1. The Morgan fingerprint density at radius 3 is 2.68 bits per heavy atom. The van der Waals surface area contributed by atoms with E-state index < -0.39 is 0 Å². The Morgan fingerprint density at radius 2 is 1.88 bits per heavy atom. The smallest absolute Gasteiger partial charge is 0.253 e. The number of aromatic nitrogens is 1. The lowest BCUT2D eigenvalue weighted by Gasteiger charge is -2.26. The van der Waals surface area contributed by atoms with Crippen molar-refractivity contribution in [3.63, 3.8) is 0 Å². The average Bonchev–Trinajstić information content (AvgIpc) is 3.09. The van der Waals surface area contributed by atoms with Crippen LogP contribution < -0.4 is 0 Å². The number of carbonyl (C=O) groups excluding carboxylic acids is 1. The molecule has 3 aromatic rings. The molecule has 25 heavy (non-hydrogen) atoms. The molecule has 1 aliphatic rings. The van der Waals surface area contributed by atoms with Crippen LogP contribution in [0.2, 0.25) is 0 Å². The van der Waals surface area contributed by atoms with E-state index in [1.807, 2.05) is 53.1 Å². The van der Waals surface area contributed by atoms with Gasteiger partial charge in [-0.1, -0.05) is 30.3 Å². The summed E-state index contributed by atoms with van der Waals surface area (Å²) in [5, 5.41) is 0. The molecular formula is C20H20N2O2S. The SMILES string of the molecule is O=C(c1ccc2oc(CCc3ccccc3)nc2c1)N1CCSCC1. The van der Waals surface area contributed by atoms with Gasteiger partial charge < -0.3 is 9.32 Å². The molecule has 0 spiro atoms. The number of rotatable bonds is 4. The quantitative estimate of drug-likeness (QED) is 0.716. The number of hydrogen-bond donors (Lipinski definition) is 0. The molecule has 0 bridgehead atoms. The Labute approximate surface area is 151 Å². The summed E-state index contributed by atoms with van der Waals surface area (Å²) in [6, 6.07) is 15.9. The fourth-order valence-electron chi connectivity index (χ4n) is 3.06. The monoisotopic (exact) mass is 352 g/mol. The van der Waals surface area contributed by atoms with Gasteiger partial charge in [0.25, 0.3) is 5.91 Å². The Morgan fingerprint density at radius 1 is 1.08 bits per heavy atom. The van der Waals surface area contributed by atoms with Gasteiger partial charge in [-0.3, -0.25) is 4.79 Å². The van der Waals surface area contributed by atoms with Crippen molar-refractivity contribution < 1.29 is 9.21 Å². The van der Waals surface area contributed by atoms with E-state index in [9.17, 15) is 4.79 Å². The molecule has 128 valence electrons. The van der Waals surface area contributed by atoms with Crippen molar-refractivity contribution in [2.45, 2.75) is 12.8 Å². The number of nitrogens with zero attached hydrogens (tertiary/aromatic N) is 2. The number of fused-ring (bicyclic) bond motifs is 1. The van der Waals surface area contributed by atoms with Gasteiger partial charge in [0.1, 0.15) is 5.52 Å². The average molecular weight is 352 g/mol. The first-order valence-electron chi connectivity index (χ1n) is 8.60. The Bertz CT molecular complexity index is 870. The Kier molecular flexibility index (Phi) is 4.74. The van der Waals surface area contributed by atoms with Crippen molar-refractivity contribution in [2.24, 2.45) is 0 Å². The molecule has 0 radical (unpaired) electrons. The van der Waals surface area contributed by atoms with Crippen LogP contribution in [-0.4, -0.2) is 40.4 Å². The third-order valence-electron chi connectivity index (χ3n) is 4.45. The summed E-state index contributed by atoms with van der Waals surface area (Å²) >= 11 is 1.90. The number of aryl methyl sites for hydroxylation is 2. The normalized spacial score (nSPS) is 14.8. The largest absolute Gasteiger partial charge is 0.441 e. The molecule has 2 heterocycles. The standard InChI is InChI=1S/C20H20N2O2S/c23-20(22-10-12-25-13-11-22)16-7-8-18-17(14-16)21-19(24-18)9-6-15-4-2-1-3-5-15/h1-5,7-8,14H,6,9-13H2. The van der Waals surface area contributed by atoms with Crippen LogP contribution in [0.1, 0.15) is 21.8 Å². The zero-order chi connectivity index (χ0) is 17.1. The molecule has 2 aromatic carbocycles. The topological polar surface area (TPSA) is 46.3 Å². The van der Waals surface area contributed by atoms with Gasteiger partial charge in [-0.05, 0) is 30.2 Å². The second-order valence-electron chi connectivity index (χ2n) is 6.18. The predicted octanol–water partition coefficient (Wildman–Crippen LogP) is 3.80. The summed E-state index contributed by atoms with van der Waals surface area (Å²) in [6.07, 6.45) is 1.65. The zero-order valence-corrected chi connectivity index (χ0v) is 14.8. The van der Waals surface area contributed by atoms with Crippen LogP contribution in [0, 0.1) is 0 Å². The number of carbonyl (C=O) groups is 1. The first kappa shape index (κ1) is 16.2. The van der Waals surface area contributed by atoms with Gasteiger partial charge in [-0.15, -0.1) is 0 Å². The third-order valence-corrected chi connectivity index (χ3v) is 5.39. The second kappa shape index (κ2) is 7.31. The molecule has 0 atom stereocenters. The Balaban J connectivity index is 1.50. The molecule has 1 saturated heterocycles.